The summed E-state index contributed by atoms with van der Waals surface area (Å²) in [5.41, 5.74) is 12.3. The third kappa shape index (κ3) is 4.18. The van der Waals surface area contributed by atoms with Crippen LogP contribution in [0.1, 0.15) is 39.6 Å². The van der Waals surface area contributed by atoms with Gasteiger partial charge in [-0.05, 0) is 47.7 Å². The van der Waals surface area contributed by atoms with Gasteiger partial charge in [-0.2, -0.15) is 5.10 Å². The second kappa shape index (κ2) is 8.79. The lowest BCUT2D eigenvalue weighted by Gasteiger charge is -2.15. The van der Waals surface area contributed by atoms with Crippen LogP contribution < -0.4 is 16.4 Å². The third-order valence-electron chi connectivity index (χ3n) is 5.91. The molecule has 1 aliphatic carbocycles. The van der Waals surface area contributed by atoms with E-state index < -0.39 is 0 Å². The van der Waals surface area contributed by atoms with Crippen molar-refractivity contribution in [2.75, 3.05) is 12.8 Å². The molecule has 1 atom stereocenters. The Morgan fingerprint density at radius 3 is 2.97 bits per heavy atom. The van der Waals surface area contributed by atoms with E-state index in [1.165, 1.54) is 11.1 Å². The van der Waals surface area contributed by atoms with Crippen LogP contribution >= 0.6 is 0 Å². The second-order valence-corrected chi connectivity index (χ2v) is 7.96. The molecule has 2 aromatic heterocycles. The van der Waals surface area contributed by atoms with Crippen LogP contribution in [0.25, 0.3) is 16.9 Å². The summed E-state index contributed by atoms with van der Waals surface area (Å²) in [7, 11) is 1.54. The zero-order chi connectivity index (χ0) is 22.8. The minimum absolute atomic E-state index is 0.114. The molecule has 0 spiro atoms. The maximum atomic E-state index is 12.0. The number of fused-ring (bicyclic) bond motifs is 1. The van der Waals surface area contributed by atoms with Crippen LogP contribution in [0, 0.1) is 0 Å². The maximum Gasteiger partial charge on any atom is 0.273 e. The number of nitrogens with one attached hydrogen (secondary N) is 2. The molecule has 2 aromatic carbocycles. The van der Waals surface area contributed by atoms with Gasteiger partial charge in [0.25, 0.3) is 5.91 Å². The van der Waals surface area contributed by atoms with E-state index >= 15 is 0 Å². The molecule has 0 bridgehead atoms. The van der Waals surface area contributed by atoms with Crippen LogP contribution in [-0.2, 0) is 13.0 Å². The van der Waals surface area contributed by atoms with Crippen LogP contribution in [0.4, 0.5) is 5.82 Å². The normalized spacial score (nSPS) is 14.8. The number of carbonyl (C=O) groups is 1. The second-order valence-electron chi connectivity index (χ2n) is 7.96. The van der Waals surface area contributed by atoms with Gasteiger partial charge < -0.3 is 16.4 Å². The molecule has 2 heterocycles. The molecule has 166 valence electrons. The van der Waals surface area contributed by atoms with Crippen molar-refractivity contribution in [3.63, 3.8) is 0 Å². The number of rotatable bonds is 6. The molecule has 9 nitrogen and oxygen atoms in total. The smallest absolute Gasteiger partial charge is 0.273 e. The summed E-state index contributed by atoms with van der Waals surface area (Å²) in [5, 5.41) is 10.4. The molecule has 0 saturated carbocycles. The Kier molecular flexibility index (Phi) is 5.54. The fourth-order valence-electron chi connectivity index (χ4n) is 4.20. The van der Waals surface area contributed by atoms with Gasteiger partial charge >= 0.3 is 0 Å². The zero-order valence-electron chi connectivity index (χ0n) is 18.2. The van der Waals surface area contributed by atoms with Gasteiger partial charge in [0, 0.05) is 25.2 Å². The van der Waals surface area contributed by atoms with Crippen molar-refractivity contribution in [3.8, 4) is 16.9 Å². The number of anilines is 1. The van der Waals surface area contributed by atoms with Gasteiger partial charge in [-0.15, -0.1) is 0 Å². The summed E-state index contributed by atoms with van der Waals surface area (Å²) in [6.45, 7) is 0.716. The predicted octanol–water partition coefficient (Wildman–Crippen LogP) is 2.44. The van der Waals surface area contributed by atoms with Crippen molar-refractivity contribution >= 4 is 11.7 Å². The molecular formula is C24H24N8O. The van der Waals surface area contributed by atoms with Crippen LogP contribution in [0.15, 0.2) is 61.3 Å². The number of benzene rings is 2. The van der Waals surface area contributed by atoms with E-state index in [4.69, 9.17) is 5.73 Å². The largest absolute Gasteiger partial charge is 0.382 e. The van der Waals surface area contributed by atoms with Gasteiger partial charge in [-0.3, -0.25) is 4.79 Å². The summed E-state index contributed by atoms with van der Waals surface area (Å²) in [4.78, 5) is 24.6. The molecule has 0 saturated heterocycles. The monoisotopic (exact) mass is 440 g/mol. The van der Waals surface area contributed by atoms with Crippen molar-refractivity contribution in [2.45, 2.75) is 25.4 Å². The van der Waals surface area contributed by atoms with Crippen molar-refractivity contribution < 1.29 is 4.79 Å². The van der Waals surface area contributed by atoms with Crippen LogP contribution in [-0.4, -0.2) is 37.7 Å². The molecule has 0 aliphatic heterocycles. The van der Waals surface area contributed by atoms with Crippen LogP contribution in [0.3, 0.4) is 0 Å². The SMILES string of the molecule is CNC(=O)c1nc(-c2cccc(CNC3CCc4cc(-n5cncn5)ccc43)c2)cnc1N. The first-order valence-corrected chi connectivity index (χ1v) is 10.8. The summed E-state index contributed by atoms with van der Waals surface area (Å²) < 4.78 is 1.78. The number of nitrogens with two attached hydrogens (primary N) is 1. The lowest BCUT2D eigenvalue weighted by Crippen LogP contribution is -2.21. The predicted molar refractivity (Wildman–Crippen MR) is 125 cm³/mol. The van der Waals surface area contributed by atoms with E-state index in [1.807, 2.05) is 12.1 Å². The van der Waals surface area contributed by atoms with Crippen molar-refractivity contribution in [1.82, 2.24) is 35.4 Å². The molecular weight excluding hydrogens is 416 g/mol. The topological polar surface area (TPSA) is 124 Å². The molecule has 33 heavy (non-hydrogen) atoms. The number of hydrogen-bond acceptors (Lipinski definition) is 7. The summed E-state index contributed by atoms with van der Waals surface area (Å²) in [6, 6.07) is 14.8. The number of nitrogens with zero attached hydrogens (tertiary/aromatic N) is 5. The first-order chi connectivity index (χ1) is 16.1. The molecule has 0 fully saturated rings. The maximum absolute atomic E-state index is 12.0. The van der Waals surface area contributed by atoms with Crippen LogP contribution in [0.2, 0.25) is 0 Å². The van der Waals surface area contributed by atoms with E-state index in [9.17, 15) is 4.79 Å². The molecule has 1 unspecified atom stereocenters. The number of hydrogen-bond donors (Lipinski definition) is 3. The highest BCUT2D eigenvalue weighted by atomic mass is 16.1. The molecule has 0 radical (unpaired) electrons. The number of aromatic nitrogens is 5. The lowest BCUT2D eigenvalue weighted by molar-refractivity contribution is 0.0959. The van der Waals surface area contributed by atoms with Gasteiger partial charge in [0.05, 0.1) is 17.6 Å². The summed E-state index contributed by atoms with van der Waals surface area (Å²) in [5.74, 6) is -0.241. The standard InChI is InChI=1S/C24H24N8O/c1-26-24(33)22-23(25)29-12-21(31-22)17-4-2-3-15(9-17)11-28-20-8-5-16-10-18(6-7-19(16)20)32-14-27-13-30-32/h2-4,6-7,9-10,12-14,20,28H,5,8,11H2,1H3,(H2,25,29)(H,26,33). The highest BCUT2D eigenvalue weighted by molar-refractivity contribution is 5.96. The first kappa shape index (κ1) is 20.8. The minimum Gasteiger partial charge on any atom is -0.382 e. The molecule has 1 aliphatic rings. The number of carbonyl (C=O) groups excluding carboxylic acids is 1. The van der Waals surface area contributed by atoms with E-state index in [0.29, 0.717) is 18.3 Å². The van der Waals surface area contributed by atoms with Crippen molar-refractivity contribution in [2.24, 2.45) is 0 Å². The first-order valence-electron chi connectivity index (χ1n) is 10.8. The fraction of sp³-hybridized carbons (Fsp3) is 0.208. The third-order valence-corrected chi connectivity index (χ3v) is 5.91. The number of nitrogen functional groups attached to an aromatic ring is 1. The quantitative estimate of drug-likeness (QED) is 0.421. The average molecular weight is 441 g/mol. The summed E-state index contributed by atoms with van der Waals surface area (Å²) in [6.07, 6.45) is 6.92. The molecule has 1 amide bonds. The lowest BCUT2D eigenvalue weighted by atomic mass is 10.1. The van der Waals surface area contributed by atoms with E-state index in [0.717, 1.165) is 29.7 Å². The molecule has 4 aromatic rings. The average Bonchev–Trinajstić information content (AvgIpc) is 3.53. The number of aryl methyl sites for hydroxylation is 1. The Morgan fingerprint density at radius 2 is 2.15 bits per heavy atom. The van der Waals surface area contributed by atoms with Gasteiger partial charge in [-0.1, -0.05) is 24.3 Å². The number of amides is 1. The highest BCUT2D eigenvalue weighted by Gasteiger charge is 2.22. The van der Waals surface area contributed by atoms with Gasteiger partial charge in [0.1, 0.15) is 12.7 Å². The Bertz CT molecular complexity index is 1300. The molecule has 5 rings (SSSR count). The van der Waals surface area contributed by atoms with E-state index in [2.05, 4.69) is 61.0 Å². The van der Waals surface area contributed by atoms with Crippen molar-refractivity contribution in [3.05, 3.63) is 83.7 Å². The minimum atomic E-state index is -0.355. The fourth-order valence-corrected chi connectivity index (χ4v) is 4.20. The highest BCUT2D eigenvalue weighted by Crippen LogP contribution is 2.32. The molecule has 4 N–H and O–H groups in total. The zero-order valence-corrected chi connectivity index (χ0v) is 18.2. The van der Waals surface area contributed by atoms with E-state index in [1.54, 1.807) is 30.6 Å². The Hall–Kier alpha value is -4.11. The van der Waals surface area contributed by atoms with Gasteiger partial charge in [0.2, 0.25) is 0 Å². The molecule has 9 heteroatoms. The van der Waals surface area contributed by atoms with E-state index in [-0.39, 0.29) is 17.4 Å². The Morgan fingerprint density at radius 1 is 1.24 bits per heavy atom. The van der Waals surface area contributed by atoms with Crippen LogP contribution in [0.5, 0.6) is 0 Å². The van der Waals surface area contributed by atoms with Gasteiger partial charge in [0.15, 0.2) is 11.5 Å². The Labute approximate surface area is 191 Å². The van der Waals surface area contributed by atoms with Crippen molar-refractivity contribution in [1.29, 1.82) is 0 Å². The summed E-state index contributed by atoms with van der Waals surface area (Å²) >= 11 is 0. The van der Waals surface area contributed by atoms with Gasteiger partial charge in [-0.25, -0.2) is 19.6 Å². The Balaban J connectivity index is 1.31.